The van der Waals surface area contributed by atoms with E-state index in [-0.39, 0.29) is 12.3 Å². The van der Waals surface area contributed by atoms with Crippen molar-refractivity contribution in [2.45, 2.75) is 12.8 Å². The number of carbonyl (C=O) groups excluding carboxylic acids is 2. The zero-order valence-electron chi connectivity index (χ0n) is 7.90. The molecule has 0 aliphatic carbocycles. The lowest BCUT2D eigenvalue weighted by Crippen LogP contribution is -2.10. The van der Waals surface area contributed by atoms with Crippen LogP contribution < -0.4 is 0 Å². The smallest absolute Gasteiger partial charge is 0.317 e. The molecule has 1 saturated heterocycles. The Morgan fingerprint density at radius 2 is 1.93 bits per heavy atom. The summed E-state index contributed by atoms with van der Waals surface area (Å²) in [6.07, 6.45) is 0.712. The number of halogens is 1. The van der Waals surface area contributed by atoms with Crippen LogP contribution in [0.1, 0.15) is 12.0 Å². The lowest BCUT2D eigenvalue weighted by molar-refractivity contribution is -0.153. The first-order valence-electron chi connectivity index (χ1n) is 4.64. The van der Waals surface area contributed by atoms with Gasteiger partial charge in [0, 0.05) is 5.02 Å². The van der Waals surface area contributed by atoms with Crippen LogP contribution in [0.25, 0.3) is 0 Å². The third kappa shape index (κ3) is 2.36. The van der Waals surface area contributed by atoms with Gasteiger partial charge in [0.1, 0.15) is 0 Å². The second kappa shape index (κ2) is 4.03. The van der Waals surface area contributed by atoms with Gasteiger partial charge in [-0.05, 0) is 24.1 Å². The molecule has 3 nitrogen and oxygen atoms in total. The van der Waals surface area contributed by atoms with Crippen molar-refractivity contribution in [3.63, 3.8) is 0 Å². The van der Waals surface area contributed by atoms with E-state index in [9.17, 15) is 9.59 Å². The summed E-state index contributed by atoms with van der Waals surface area (Å²) in [5, 5.41) is 0.656. The molecule has 15 heavy (non-hydrogen) atoms. The molecule has 1 aromatic rings. The Bertz CT molecular complexity index is 397. The minimum Gasteiger partial charge on any atom is -0.393 e. The van der Waals surface area contributed by atoms with Crippen LogP contribution in [0.2, 0.25) is 5.02 Å². The average Bonchev–Trinajstić information content (AvgIpc) is 2.49. The summed E-state index contributed by atoms with van der Waals surface area (Å²) in [5.74, 6) is -1.19. The predicted octanol–water partition coefficient (Wildman–Crippen LogP) is 1.97. The first-order chi connectivity index (χ1) is 7.15. The monoisotopic (exact) mass is 224 g/mol. The summed E-state index contributed by atoms with van der Waals surface area (Å²) in [6.45, 7) is 0. The van der Waals surface area contributed by atoms with E-state index < -0.39 is 11.9 Å². The van der Waals surface area contributed by atoms with E-state index >= 15 is 0 Å². The lowest BCUT2D eigenvalue weighted by Gasteiger charge is -2.04. The Balaban J connectivity index is 2.06. The topological polar surface area (TPSA) is 43.4 Å². The molecule has 0 saturated carbocycles. The Morgan fingerprint density at radius 1 is 1.27 bits per heavy atom. The van der Waals surface area contributed by atoms with Gasteiger partial charge in [-0.15, -0.1) is 0 Å². The van der Waals surface area contributed by atoms with Gasteiger partial charge in [0.05, 0.1) is 12.3 Å². The van der Waals surface area contributed by atoms with Crippen LogP contribution in [0.15, 0.2) is 24.3 Å². The van der Waals surface area contributed by atoms with Crippen molar-refractivity contribution in [2.24, 2.45) is 5.92 Å². The molecule has 0 N–H and O–H groups in total. The number of hydrogen-bond acceptors (Lipinski definition) is 3. The molecule has 1 aromatic carbocycles. The maximum Gasteiger partial charge on any atom is 0.317 e. The Hall–Kier alpha value is -1.35. The maximum absolute atomic E-state index is 11.2. The minimum absolute atomic E-state index is 0.182. The Labute approximate surface area is 92.0 Å². The fourth-order valence-corrected chi connectivity index (χ4v) is 1.71. The van der Waals surface area contributed by atoms with Crippen molar-refractivity contribution in [1.82, 2.24) is 0 Å². The van der Waals surface area contributed by atoms with E-state index in [1.54, 1.807) is 12.1 Å². The van der Waals surface area contributed by atoms with Crippen LogP contribution in [0, 0.1) is 5.92 Å². The van der Waals surface area contributed by atoms with Crippen LogP contribution in [0.4, 0.5) is 0 Å². The molecule has 4 heteroatoms. The summed E-state index contributed by atoms with van der Waals surface area (Å²) < 4.78 is 4.47. The number of ether oxygens (including phenoxy) is 1. The number of carbonyl (C=O) groups is 2. The van der Waals surface area contributed by atoms with Crippen LogP contribution in [-0.2, 0) is 20.7 Å². The predicted molar refractivity (Wildman–Crippen MR) is 54.4 cm³/mol. The van der Waals surface area contributed by atoms with Gasteiger partial charge in [-0.25, -0.2) is 0 Å². The average molecular weight is 225 g/mol. The molecule has 0 aromatic heterocycles. The molecule has 1 heterocycles. The van der Waals surface area contributed by atoms with Crippen molar-refractivity contribution in [2.75, 3.05) is 0 Å². The van der Waals surface area contributed by atoms with Crippen LogP contribution in [0.3, 0.4) is 0 Å². The number of hydrogen-bond donors (Lipinski definition) is 0. The van der Waals surface area contributed by atoms with Gasteiger partial charge >= 0.3 is 11.9 Å². The second-order valence-electron chi connectivity index (χ2n) is 3.52. The molecular weight excluding hydrogens is 216 g/mol. The second-order valence-corrected chi connectivity index (χ2v) is 3.96. The molecule has 0 bridgehead atoms. The van der Waals surface area contributed by atoms with E-state index in [2.05, 4.69) is 4.74 Å². The van der Waals surface area contributed by atoms with E-state index in [4.69, 9.17) is 11.6 Å². The molecule has 1 aliphatic rings. The number of benzene rings is 1. The summed E-state index contributed by atoms with van der Waals surface area (Å²) in [5.41, 5.74) is 0.982. The van der Waals surface area contributed by atoms with Gasteiger partial charge in [0.25, 0.3) is 0 Å². The number of esters is 2. The van der Waals surface area contributed by atoms with Gasteiger partial charge in [-0.3, -0.25) is 9.59 Å². The van der Waals surface area contributed by atoms with Crippen molar-refractivity contribution in [1.29, 1.82) is 0 Å². The van der Waals surface area contributed by atoms with E-state index in [1.165, 1.54) is 0 Å². The largest absolute Gasteiger partial charge is 0.393 e. The highest BCUT2D eigenvalue weighted by Crippen LogP contribution is 2.21. The standard InChI is InChI=1S/C11H9ClO3/c12-9-3-1-7(2-4-9)5-8-6-10(13)15-11(8)14/h1-4,8H,5-6H2/t8-/m0/s1. The summed E-state index contributed by atoms with van der Waals surface area (Å²) in [6, 6.07) is 7.22. The first kappa shape index (κ1) is 10.2. The van der Waals surface area contributed by atoms with E-state index in [1.807, 2.05) is 12.1 Å². The molecule has 2 rings (SSSR count). The van der Waals surface area contributed by atoms with Crippen LogP contribution in [0.5, 0.6) is 0 Å². The third-order valence-corrected chi connectivity index (χ3v) is 2.61. The first-order valence-corrected chi connectivity index (χ1v) is 5.02. The normalized spacial score (nSPS) is 20.5. The maximum atomic E-state index is 11.2. The molecule has 1 atom stereocenters. The molecule has 0 radical (unpaired) electrons. The highest BCUT2D eigenvalue weighted by atomic mass is 35.5. The number of cyclic esters (lactones) is 2. The van der Waals surface area contributed by atoms with Gasteiger partial charge in [-0.1, -0.05) is 23.7 Å². The van der Waals surface area contributed by atoms with Crippen molar-refractivity contribution < 1.29 is 14.3 Å². The van der Waals surface area contributed by atoms with Gasteiger partial charge in [-0.2, -0.15) is 0 Å². The zero-order chi connectivity index (χ0) is 10.8. The third-order valence-electron chi connectivity index (χ3n) is 2.36. The van der Waals surface area contributed by atoms with Crippen molar-refractivity contribution >= 4 is 23.5 Å². The molecule has 0 unspecified atom stereocenters. The molecule has 78 valence electrons. The molecule has 1 fully saturated rings. The van der Waals surface area contributed by atoms with Crippen molar-refractivity contribution in [3.8, 4) is 0 Å². The zero-order valence-corrected chi connectivity index (χ0v) is 8.66. The van der Waals surface area contributed by atoms with Gasteiger partial charge < -0.3 is 4.74 Å². The summed E-state index contributed by atoms with van der Waals surface area (Å²) >= 11 is 5.73. The Morgan fingerprint density at radius 3 is 2.47 bits per heavy atom. The molecular formula is C11H9ClO3. The van der Waals surface area contributed by atoms with Crippen molar-refractivity contribution in [3.05, 3.63) is 34.9 Å². The van der Waals surface area contributed by atoms with E-state index in [0.29, 0.717) is 11.4 Å². The SMILES string of the molecule is O=C1C[C@H](Cc2ccc(Cl)cc2)C(=O)O1. The summed E-state index contributed by atoms with van der Waals surface area (Å²) in [4.78, 5) is 22.0. The fraction of sp³-hybridized carbons (Fsp3) is 0.273. The summed E-state index contributed by atoms with van der Waals surface area (Å²) in [7, 11) is 0. The van der Waals surface area contributed by atoms with Crippen LogP contribution >= 0.6 is 11.6 Å². The number of rotatable bonds is 2. The van der Waals surface area contributed by atoms with Crippen LogP contribution in [-0.4, -0.2) is 11.9 Å². The quantitative estimate of drug-likeness (QED) is 0.570. The van der Waals surface area contributed by atoms with Gasteiger partial charge in [0.15, 0.2) is 0 Å². The lowest BCUT2D eigenvalue weighted by atomic mass is 9.98. The van der Waals surface area contributed by atoms with E-state index in [0.717, 1.165) is 5.56 Å². The highest BCUT2D eigenvalue weighted by Gasteiger charge is 2.33. The molecule has 0 spiro atoms. The fourth-order valence-electron chi connectivity index (χ4n) is 1.58. The van der Waals surface area contributed by atoms with Gasteiger partial charge in [0.2, 0.25) is 0 Å². The minimum atomic E-state index is -0.432. The molecule has 1 aliphatic heterocycles. The highest BCUT2D eigenvalue weighted by molar-refractivity contribution is 6.30. The Kier molecular flexibility index (Phi) is 2.73. The molecule has 0 amide bonds.